The van der Waals surface area contributed by atoms with Gasteiger partial charge in [0.15, 0.2) is 11.6 Å². The largest absolute Gasteiger partial charge is 0.451 e. The molecule has 2 aliphatic rings. The van der Waals surface area contributed by atoms with E-state index in [9.17, 15) is 9.18 Å². The van der Waals surface area contributed by atoms with Crippen LogP contribution >= 0.6 is 0 Å². The molecule has 2 unspecified atom stereocenters. The first kappa shape index (κ1) is 28.0. The summed E-state index contributed by atoms with van der Waals surface area (Å²) in [5, 5.41) is 3.67. The Morgan fingerprint density at radius 1 is 1.12 bits per heavy atom. The van der Waals surface area contributed by atoms with Crippen molar-refractivity contribution in [3.05, 3.63) is 77.8 Å². The molecular formula is C31H37F2N5O2. The number of hydrogen-bond donors (Lipinski definition) is 1. The third kappa shape index (κ3) is 5.80. The lowest BCUT2D eigenvalue weighted by Crippen LogP contribution is -2.42. The molecule has 0 radical (unpaired) electrons. The minimum Gasteiger partial charge on any atom is -0.451 e. The van der Waals surface area contributed by atoms with Crippen LogP contribution in [0.25, 0.3) is 0 Å². The van der Waals surface area contributed by atoms with Gasteiger partial charge in [0.1, 0.15) is 29.3 Å². The van der Waals surface area contributed by atoms with E-state index >= 15 is 4.39 Å². The van der Waals surface area contributed by atoms with Crippen LogP contribution in [0.5, 0.6) is 11.5 Å². The molecule has 2 aromatic carbocycles. The summed E-state index contributed by atoms with van der Waals surface area (Å²) in [4.78, 5) is 26.0. The fourth-order valence-electron chi connectivity index (χ4n) is 6.23. The maximum atomic E-state index is 15.1. The van der Waals surface area contributed by atoms with Crippen molar-refractivity contribution in [3.8, 4) is 11.5 Å². The number of rotatable bonds is 8. The lowest BCUT2D eigenvalue weighted by Gasteiger charge is -2.31. The Kier molecular flexibility index (Phi) is 8.03. The molecule has 1 spiro atoms. The van der Waals surface area contributed by atoms with E-state index in [-0.39, 0.29) is 34.6 Å². The van der Waals surface area contributed by atoms with Crippen molar-refractivity contribution in [2.24, 2.45) is 5.41 Å². The van der Waals surface area contributed by atoms with E-state index in [1.165, 1.54) is 30.6 Å². The SMILES string of the molecule is CC(C)N(C(=O)c1c(F)cccc1Oc1cncnc1N1CCC2(CNC(Cc3ccc(F)cc3)C2)C1)C(C)C. The summed E-state index contributed by atoms with van der Waals surface area (Å²) in [5.41, 5.74) is 1.11. The second-order valence-corrected chi connectivity index (χ2v) is 11.6. The predicted molar refractivity (Wildman–Crippen MR) is 151 cm³/mol. The molecule has 3 aromatic rings. The second kappa shape index (κ2) is 11.5. The van der Waals surface area contributed by atoms with Gasteiger partial charge in [0, 0.05) is 43.2 Å². The molecule has 2 aliphatic heterocycles. The Morgan fingerprint density at radius 2 is 1.88 bits per heavy atom. The van der Waals surface area contributed by atoms with Crippen LogP contribution in [-0.2, 0) is 6.42 Å². The van der Waals surface area contributed by atoms with Gasteiger partial charge in [0.2, 0.25) is 0 Å². The van der Waals surface area contributed by atoms with E-state index in [1.807, 2.05) is 39.8 Å². The molecule has 0 saturated carbocycles. The van der Waals surface area contributed by atoms with E-state index in [0.717, 1.165) is 44.5 Å². The van der Waals surface area contributed by atoms with Crippen molar-refractivity contribution in [3.63, 3.8) is 0 Å². The van der Waals surface area contributed by atoms with Gasteiger partial charge >= 0.3 is 0 Å². The van der Waals surface area contributed by atoms with Crippen molar-refractivity contribution >= 4 is 11.7 Å². The van der Waals surface area contributed by atoms with Crippen molar-refractivity contribution in [2.75, 3.05) is 24.5 Å². The standard InChI is InChI=1S/C31H37F2N5O2/c1-20(2)38(21(3)4)30(39)28-25(33)6-5-7-26(28)40-27-16-34-19-36-29(27)37-13-12-31(18-37)15-24(35-17-31)14-22-8-10-23(32)11-9-22/h5-11,16,19-21,24,35H,12-15,17-18H2,1-4H3. The van der Waals surface area contributed by atoms with Gasteiger partial charge in [-0.1, -0.05) is 18.2 Å². The number of benzene rings is 2. The van der Waals surface area contributed by atoms with Crippen LogP contribution in [0.3, 0.4) is 0 Å². The molecule has 2 fully saturated rings. The number of nitrogens with zero attached hydrogens (tertiary/aromatic N) is 4. The first-order chi connectivity index (χ1) is 19.2. The third-order valence-electron chi connectivity index (χ3n) is 7.99. The smallest absolute Gasteiger partial charge is 0.261 e. The number of anilines is 1. The number of aromatic nitrogens is 2. The fraction of sp³-hybridized carbons (Fsp3) is 0.452. The zero-order valence-electron chi connectivity index (χ0n) is 23.5. The highest BCUT2D eigenvalue weighted by molar-refractivity contribution is 5.97. The van der Waals surface area contributed by atoms with Crippen LogP contribution in [0.15, 0.2) is 55.0 Å². The highest BCUT2D eigenvalue weighted by Gasteiger charge is 2.45. The molecule has 0 aliphatic carbocycles. The van der Waals surface area contributed by atoms with Gasteiger partial charge in [-0.25, -0.2) is 18.7 Å². The minimum absolute atomic E-state index is 0.0852. The van der Waals surface area contributed by atoms with Crippen LogP contribution in [0.1, 0.15) is 56.5 Å². The highest BCUT2D eigenvalue weighted by atomic mass is 19.1. The number of amides is 1. The molecule has 1 N–H and O–H groups in total. The summed E-state index contributed by atoms with van der Waals surface area (Å²) in [6.45, 7) is 10.1. The topological polar surface area (TPSA) is 70.6 Å². The summed E-state index contributed by atoms with van der Waals surface area (Å²) in [6.07, 6.45) is 5.90. The van der Waals surface area contributed by atoms with E-state index < -0.39 is 11.7 Å². The normalized spacial score (nSPS) is 20.6. The number of hydrogen-bond acceptors (Lipinski definition) is 6. The van der Waals surface area contributed by atoms with Gasteiger partial charge in [-0.3, -0.25) is 4.79 Å². The van der Waals surface area contributed by atoms with E-state index in [4.69, 9.17) is 4.74 Å². The predicted octanol–water partition coefficient (Wildman–Crippen LogP) is 5.61. The van der Waals surface area contributed by atoms with Crippen molar-refractivity contribution in [1.82, 2.24) is 20.2 Å². The monoisotopic (exact) mass is 549 g/mol. The van der Waals surface area contributed by atoms with E-state index in [2.05, 4.69) is 20.2 Å². The first-order valence-corrected chi connectivity index (χ1v) is 14.0. The fourth-order valence-corrected chi connectivity index (χ4v) is 6.23. The maximum absolute atomic E-state index is 15.1. The molecule has 1 amide bonds. The van der Waals surface area contributed by atoms with Gasteiger partial charge in [-0.2, -0.15) is 0 Å². The van der Waals surface area contributed by atoms with Crippen LogP contribution in [-0.4, -0.2) is 58.5 Å². The Labute approximate surface area is 234 Å². The second-order valence-electron chi connectivity index (χ2n) is 11.6. The Morgan fingerprint density at radius 3 is 2.60 bits per heavy atom. The van der Waals surface area contributed by atoms with Gasteiger partial charge < -0.3 is 19.9 Å². The number of ether oxygens (including phenoxy) is 1. The number of carbonyl (C=O) groups excluding carboxylic acids is 1. The number of carbonyl (C=O) groups is 1. The van der Waals surface area contributed by atoms with Crippen LogP contribution in [0.4, 0.5) is 14.6 Å². The molecule has 212 valence electrons. The third-order valence-corrected chi connectivity index (χ3v) is 7.99. The quantitative estimate of drug-likeness (QED) is 0.394. The molecule has 1 aromatic heterocycles. The molecule has 2 atom stereocenters. The lowest BCUT2D eigenvalue weighted by molar-refractivity contribution is 0.0636. The molecule has 0 bridgehead atoms. The summed E-state index contributed by atoms with van der Waals surface area (Å²) < 4.78 is 34.7. The zero-order valence-corrected chi connectivity index (χ0v) is 23.5. The van der Waals surface area contributed by atoms with Gasteiger partial charge in [-0.15, -0.1) is 0 Å². The Balaban J connectivity index is 1.34. The van der Waals surface area contributed by atoms with Crippen molar-refractivity contribution in [2.45, 2.75) is 65.1 Å². The van der Waals surface area contributed by atoms with Gasteiger partial charge in [0.25, 0.3) is 5.91 Å². The average Bonchev–Trinajstić information content (AvgIpc) is 3.51. The first-order valence-electron chi connectivity index (χ1n) is 14.0. The summed E-state index contributed by atoms with van der Waals surface area (Å²) in [7, 11) is 0. The van der Waals surface area contributed by atoms with Crippen LogP contribution in [0.2, 0.25) is 0 Å². The van der Waals surface area contributed by atoms with Crippen LogP contribution < -0.4 is 15.0 Å². The molecular weight excluding hydrogens is 512 g/mol. The molecule has 9 heteroatoms. The maximum Gasteiger partial charge on any atom is 0.261 e. The van der Waals surface area contributed by atoms with E-state index in [1.54, 1.807) is 17.2 Å². The number of nitrogens with one attached hydrogen (secondary N) is 1. The molecule has 40 heavy (non-hydrogen) atoms. The molecule has 5 rings (SSSR count). The van der Waals surface area contributed by atoms with E-state index in [0.29, 0.717) is 17.6 Å². The molecule has 3 heterocycles. The molecule has 2 saturated heterocycles. The Hall–Kier alpha value is -3.59. The molecule has 7 nitrogen and oxygen atoms in total. The highest BCUT2D eigenvalue weighted by Crippen LogP contribution is 2.43. The zero-order chi connectivity index (χ0) is 28.4. The Bertz CT molecular complexity index is 1340. The number of halogens is 2. The van der Waals surface area contributed by atoms with Crippen LogP contribution in [0, 0.1) is 17.0 Å². The van der Waals surface area contributed by atoms with Crippen molar-refractivity contribution < 1.29 is 18.3 Å². The van der Waals surface area contributed by atoms with Gasteiger partial charge in [-0.05, 0) is 76.8 Å². The van der Waals surface area contributed by atoms with Crippen molar-refractivity contribution in [1.29, 1.82) is 0 Å². The summed E-state index contributed by atoms with van der Waals surface area (Å²) >= 11 is 0. The summed E-state index contributed by atoms with van der Waals surface area (Å²) in [5.74, 6) is -0.115. The average molecular weight is 550 g/mol. The minimum atomic E-state index is -0.628. The summed E-state index contributed by atoms with van der Waals surface area (Å²) in [6, 6.07) is 11.2. The van der Waals surface area contributed by atoms with Gasteiger partial charge in [0.05, 0.1) is 6.20 Å². The lowest BCUT2D eigenvalue weighted by atomic mass is 9.83.